The molecule has 1 aliphatic carbocycles. The van der Waals surface area contributed by atoms with Crippen molar-refractivity contribution >= 4 is 80.2 Å². The third kappa shape index (κ3) is 8.53. The fourth-order valence-electron chi connectivity index (χ4n) is 9.08. The molecule has 9 rings (SSSR count). The van der Waals surface area contributed by atoms with Gasteiger partial charge in [0.05, 0.1) is 22.2 Å². The number of rotatable bonds is 10. The molecule has 0 atom stereocenters. The Balaban J connectivity index is 0.000000251. The molecule has 5 aromatic carbocycles. The molecular weight excluding hydrogens is 789 g/mol. The lowest BCUT2D eigenvalue weighted by molar-refractivity contribution is 1.01. The Morgan fingerprint density at radius 3 is 1.97 bits per heavy atom. The number of hydrogen-bond acceptors (Lipinski definition) is 1. The minimum atomic E-state index is 0.638. The van der Waals surface area contributed by atoms with Gasteiger partial charge in [-0.05, 0) is 150 Å². The minimum Gasteiger partial charge on any atom is -0.342 e. The maximum Gasteiger partial charge on any atom is 0.0547 e. The number of benzene rings is 5. The molecule has 0 saturated heterocycles. The Bertz CT molecular complexity index is 3270. The van der Waals surface area contributed by atoms with Crippen molar-refractivity contribution in [1.29, 1.82) is 0 Å². The average molecular weight is 845 g/mol. The molecule has 1 aliphatic rings. The number of anilines is 2. The standard InChI is InChI=1S/C41H35N3.C18H19N.C2H2/c1-5-13-35-29(4)43(41-27-18-30(6-2)28-38(35)41)33-23-19-31(20-24-33)42(7-3)32-21-25-34(26-22-32)44-39-16-10-8-9-14-36(39)37-15-11-12-17-40(37)44;1-5-10-15(7-3)19-17(11-6-2)14(4)16-12-8-9-13-18(16)19;1-2/h5-6,8,10-28H,2,7H2,1,3-4H3;1,6-9,11-13H,10H2,2-4H3;1-2H/b13-5-;11-6-,15-7+;. The van der Waals surface area contributed by atoms with Crippen LogP contribution in [0.1, 0.15) is 73.5 Å². The first kappa shape index (κ1) is 44.9. The SMILES string of the molecule is C#C.C#CC/C(=C\C)n1c(/C=C\C)c(C)c2ccccc21.C=Cc1ccc2c(c1)c(/C=C\C)c(C)n2-c1ccc(N(CC)c2ccc(-n3c4c(c5ccccc53)C=C=CC=C4)cc2)cc1. The molecule has 3 aromatic heterocycles. The summed E-state index contributed by atoms with van der Waals surface area (Å²) >= 11 is 0. The van der Waals surface area contributed by atoms with E-state index in [0.717, 1.165) is 29.2 Å². The van der Waals surface area contributed by atoms with Gasteiger partial charge in [-0.2, -0.15) is 0 Å². The second kappa shape index (κ2) is 20.4. The molecule has 4 nitrogen and oxygen atoms in total. The molecular formula is C61H56N4. The summed E-state index contributed by atoms with van der Waals surface area (Å²) in [5.74, 6) is 2.75. The predicted molar refractivity (Wildman–Crippen MR) is 285 cm³/mol. The lowest BCUT2D eigenvalue weighted by atomic mass is 10.1. The van der Waals surface area contributed by atoms with Gasteiger partial charge in [0.2, 0.25) is 0 Å². The summed E-state index contributed by atoms with van der Waals surface area (Å²) in [6, 6.07) is 41.5. The van der Waals surface area contributed by atoms with Crippen molar-refractivity contribution in [2.45, 2.75) is 48.0 Å². The van der Waals surface area contributed by atoms with Crippen molar-refractivity contribution in [3.05, 3.63) is 197 Å². The van der Waals surface area contributed by atoms with E-state index in [1.54, 1.807) is 0 Å². The van der Waals surface area contributed by atoms with Crippen molar-refractivity contribution in [3.63, 3.8) is 0 Å². The second-order valence-corrected chi connectivity index (χ2v) is 15.6. The number of fused-ring (bicyclic) bond motifs is 5. The second-order valence-electron chi connectivity index (χ2n) is 15.6. The van der Waals surface area contributed by atoms with Crippen LogP contribution in [0.3, 0.4) is 0 Å². The minimum absolute atomic E-state index is 0.638. The fourth-order valence-corrected chi connectivity index (χ4v) is 9.08. The number of aromatic nitrogens is 3. The normalized spacial score (nSPS) is 12.0. The molecule has 0 unspecified atom stereocenters. The van der Waals surface area contributed by atoms with E-state index in [1.165, 1.54) is 77.9 Å². The Morgan fingerprint density at radius 1 is 0.738 bits per heavy atom. The molecule has 0 saturated carbocycles. The Labute approximate surface area is 385 Å². The van der Waals surface area contributed by atoms with Crippen molar-refractivity contribution in [1.82, 2.24) is 13.7 Å². The molecule has 3 heterocycles. The summed E-state index contributed by atoms with van der Waals surface area (Å²) in [7, 11) is 0. The van der Waals surface area contributed by atoms with Gasteiger partial charge in [0, 0.05) is 80.1 Å². The van der Waals surface area contributed by atoms with Crippen LogP contribution in [0.25, 0.3) is 80.2 Å². The first-order valence-electron chi connectivity index (χ1n) is 22.1. The van der Waals surface area contributed by atoms with Crippen LogP contribution in [0.5, 0.6) is 0 Å². The van der Waals surface area contributed by atoms with Crippen molar-refractivity contribution in [3.8, 4) is 36.6 Å². The zero-order chi connectivity index (χ0) is 46.0. The Hall–Kier alpha value is -8.14. The summed E-state index contributed by atoms with van der Waals surface area (Å²) in [4.78, 5) is 2.36. The maximum absolute atomic E-state index is 5.50. The van der Waals surface area contributed by atoms with Gasteiger partial charge in [-0.3, -0.25) is 0 Å². The Kier molecular flexibility index (Phi) is 14.1. The summed E-state index contributed by atoms with van der Waals surface area (Å²) < 4.78 is 6.97. The molecule has 0 spiro atoms. The molecule has 0 bridgehead atoms. The van der Waals surface area contributed by atoms with Gasteiger partial charge in [-0.1, -0.05) is 85.5 Å². The van der Waals surface area contributed by atoms with Crippen LogP contribution in [-0.2, 0) is 0 Å². The van der Waals surface area contributed by atoms with Gasteiger partial charge in [-0.25, -0.2) is 0 Å². The van der Waals surface area contributed by atoms with Crippen molar-refractivity contribution < 1.29 is 0 Å². The summed E-state index contributed by atoms with van der Waals surface area (Å²) in [5, 5.41) is 3.76. The van der Waals surface area contributed by atoms with Crippen molar-refractivity contribution in [2.24, 2.45) is 0 Å². The van der Waals surface area contributed by atoms with E-state index in [-0.39, 0.29) is 0 Å². The summed E-state index contributed by atoms with van der Waals surface area (Å²) in [5.41, 5.74) is 21.2. The van der Waals surface area contributed by atoms with Gasteiger partial charge in [0.1, 0.15) is 0 Å². The number of hydrogen-bond donors (Lipinski definition) is 0. The Morgan fingerprint density at radius 2 is 1.35 bits per heavy atom. The zero-order valence-corrected chi connectivity index (χ0v) is 38.4. The van der Waals surface area contributed by atoms with E-state index in [9.17, 15) is 0 Å². The van der Waals surface area contributed by atoms with E-state index in [2.05, 4.69) is 241 Å². The summed E-state index contributed by atoms with van der Waals surface area (Å²) in [6.07, 6.45) is 35.0. The van der Waals surface area contributed by atoms with E-state index >= 15 is 0 Å². The molecule has 320 valence electrons. The maximum atomic E-state index is 5.50. The highest BCUT2D eigenvalue weighted by Gasteiger charge is 2.18. The highest BCUT2D eigenvalue weighted by molar-refractivity contribution is 5.97. The highest BCUT2D eigenvalue weighted by atomic mass is 15.1. The van der Waals surface area contributed by atoms with E-state index in [4.69, 9.17) is 6.42 Å². The quantitative estimate of drug-likeness (QED) is 0.0991. The van der Waals surface area contributed by atoms with E-state index < -0.39 is 0 Å². The van der Waals surface area contributed by atoms with Crippen LogP contribution in [0.2, 0.25) is 0 Å². The lowest BCUT2D eigenvalue weighted by Gasteiger charge is -2.24. The first-order chi connectivity index (χ1) is 31.9. The largest absolute Gasteiger partial charge is 0.342 e. The van der Waals surface area contributed by atoms with Crippen LogP contribution in [-0.4, -0.2) is 20.2 Å². The van der Waals surface area contributed by atoms with Gasteiger partial charge >= 0.3 is 0 Å². The molecule has 65 heavy (non-hydrogen) atoms. The van der Waals surface area contributed by atoms with E-state index in [0.29, 0.717) is 6.42 Å². The molecule has 4 heteroatoms. The van der Waals surface area contributed by atoms with Gasteiger partial charge in [0.15, 0.2) is 0 Å². The number of nitrogens with zero attached hydrogens (tertiary/aromatic N) is 4. The molecule has 0 amide bonds. The molecule has 0 fully saturated rings. The van der Waals surface area contributed by atoms with Crippen LogP contribution in [0, 0.1) is 39.0 Å². The van der Waals surface area contributed by atoms with E-state index in [1.807, 2.05) is 26.0 Å². The smallest absolute Gasteiger partial charge is 0.0547 e. The molecule has 0 N–H and O–H groups in total. The third-order valence-electron chi connectivity index (χ3n) is 12.0. The van der Waals surface area contributed by atoms with Crippen molar-refractivity contribution in [2.75, 3.05) is 11.4 Å². The monoisotopic (exact) mass is 844 g/mol. The number of allylic oxidation sites excluding steroid dienone is 6. The average Bonchev–Trinajstić information content (AvgIpc) is 3.82. The number of aryl methyl sites for hydroxylation is 1. The topological polar surface area (TPSA) is 18.0 Å². The molecule has 0 radical (unpaired) electrons. The molecule has 8 aromatic rings. The lowest BCUT2D eigenvalue weighted by Crippen LogP contribution is -2.16. The first-order valence-corrected chi connectivity index (χ1v) is 22.1. The van der Waals surface area contributed by atoms with Gasteiger partial charge in [-0.15, -0.1) is 30.9 Å². The van der Waals surface area contributed by atoms with Crippen LogP contribution < -0.4 is 4.90 Å². The van der Waals surface area contributed by atoms with Gasteiger partial charge < -0.3 is 18.6 Å². The summed E-state index contributed by atoms with van der Waals surface area (Å²) in [6.45, 7) is 17.6. The third-order valence-corrected chi connectivity index (χ3v) is 12.0. The van der Waals surface area contributed by atoms with Crippen LogP contribution >= 0.6 is 0 Å². The molecule has 0 aliphatic heterocycles. The number of para-hydroxylation sites is 2. The van der Waals surface area contributed by atoms with Gasteiger partial charge in [0.25, 0.3) is 0 Å². The fraction of sp³-hybridized carbons (Fsp3) is 0.131. The predicted octanol–water partition coefficient (Wildman–Crippen LogP) is 16.0. The number of terminal acetylenes is 2. The zero-order valence-electron chi connectivity index (χ0n) is 38.4. The van der Waals surface area contributed by atoms with Crippen LogP contribution in [0.4, 0.5) is 11.4 Å². The van der Waals surface area contributed by atoms with Crippen LogP contribution in [0.15, 0.2) is 158 Å². The highest BCUT2D eigenvalue weighted by Crippen LogP contribution is 2.36.